The second kappa shape index (κ2) is 5.97. The van der Waals surface area contributed by atoms with E-state index in [1.165, 1.54) is 25.2 Å². The lowest BCUT2D eigenvalue weighted by Crippen LogP contribution is -2.34. The van der Waals surface area contributed by atoms with E-state index in [1.807, 2.05) is 12.3 Å². The number of ether oxygens (including phenoxy) is 1. The van der Waals surface area contributed by atoms with E-state index in [4.69, 9.17) is 9.72 Å². The van der Waals surface area contributed by atoms with Crippen LogP contribution in [0.3, 0.4) is 0 Å². The number of likely N-dealkylation sites (tertiary alicyclic amines) is 1. The van der Waals surface area contributed by atoms with Gasteiger partial charge in [-0.15, -0.1) is 0 Å². The first kappa shape index (κ1) is 14.2. The summed E-state index contributed by atoms with van der Waals surface area (Å²) in [4.78, 5) is 12.0. The van der Waals surface area contributed by atoms with Crippen molar-refractivity contribution in [1.29, 1.82) is 0 Å². The van der Waals surface area contributed by atoms with Crippen molar-refractivity contribution in [3.8, 4) is 0 Å². The van der Waals surface area contributed by atoms with Crippen LogP contribution in [-0.4, -0.2) is 52.8 Å². The predicted octanol–water partition coefficient (Wildman–Crippen LogP) is 2.28. The number of hydrogen-bond acceptors (Lipinski definition) is 4. The standard InChI is InChI=1S/C17H24N4O/c1-20-8-3-4-14(11-20)21-16(10-13-6-9-22-12-13)19-15-5-2-7-18-17(15)21/h2,5,7,13-14H,3-4,6,8-12H2,1H3. The number of aromatic nitrogens is 3. The van der Waals surface area contributed by atoms with Crippen molar-refractivity contribution in [2.45, 2.75) is 31.7 Å². The van der Waals surface area contributed by atoms with Crippen molar-refractivity contribution < 1.29 is 4.74 Å². The summed E-state index contributed by atoms with van der Waals surface area (Å²) >= 11 is 0. The van der Waals surface area contributed by atoms with Gasteiger partial charge in [0.05, 0.1) is 0 Å². The zero-order valence-corrected chi connectivity index (χ0v) is 13.2. The fourth-order valence-electron chi connectivity index (χ4n) is 3.86. The van der Waals surface area contributed by atoms with Crippen LogP contribution in [0.5, 0.6) is 0 Å². The Balaban J connectivity index is 1.72. The maximum atomic E-state index is 5.54. The van der Waals surface area contributed by atoms with Gasteiger partial charge in [0, 0.05) is 38.4 Å². The molecule has 0 spiro atoms. The molecule has 2 atom stereocenters. The lowest BCUT2D eigenvalue weighted by molar-refractivity contribution is 0.184. The lowest BCUT2D eigenvalue weighted by atomic mass is 10.0. The minimum atomic E-state index is 0.496. The van der Waals surface area contributed by atoms with Gasteiger partial charge in [0.15, 0.2) is 5.65 Å². The van der Waals surface area contributed by atoms with Crippen molar-refractivity contribution in [2.24, 2.45) is 5.92 Å². The molecular weight excluding hydrogens is 276 g/mol. The number of hydrogen-bond donors (Lipinski definition) is 0. The van der Waals surface area contributed by atoms with E-state index >= 15 is 0 Å². The number of imidazole rings is 1. The average molecular weight is 300 g/mol. The minimum absolute atomic E-state index is 0.496. The van der Waals surface area contributed by atoms with E-state index in [1.54, 1.807) is 0 Å². The van der Waals surface area contributed by atoms with Gasteiger partial charge in [-0.1, -0.05) is 0 Å². The lowest BCUT2D eigenvalue weighted by Gasteiger charge is -2.31. The SMILES string of the molecule is CN1CCCC(n2c(CC3CCOC3)nc3cccnc32)C1. The highest BCUT2D eigenvalue weighted by Crippen LogP contribution is 2.28. The van der Waals surface area contributed by atoms with Gasteiger partial charge in [0.1, 0.15) is 11.3 Å². The number of likely N-dealkylation sites (N-methyl/N-ethyl adjacent to an activating group) is 1. The third kappa shape index (κ3) is 2.63. The van der Waals surface area contributed by atoms with Gasteiger partial charge in [-0.3, -0.25) is 0 Å². The maximum Gasteiger partial charge on any atom is 0.160 e. The van der Waals surface area contributed by atoms with Gasteiger partial charge < -0.3 is 14.2 Å². The summed E-state index contributed by atoms with van der Waals surface area (Å²) < 4.78 is 7.96. The fourth-order valence-corrected chi connectivity index (χ4v) is 3.86. The molecule has 0 aliphatic carbocycles. The molecule has 5 heteroatoms. The van der Waals surface area contributed by atoms with Crippen LogP contribution >= 0.6 is 0 Å². The molecule has 2 aromatic rings. The van der Waals surface area contributed by atoms with Gasteiger partial charge >= 0.3 is 0 Å². The molecule has 0 saturated carbocycles. The second-order valence-corrected chi connectivity index (χ2v) is 6.74. The molecule has 2 aliphatic rings. The number of rotatable bonds is 3. The largest absolute Gasteiger partial charge is 0.381 e. The Bertz CT molecular complexity index is 647. The number of nitrogens with zero attached hydrogens (tertiary/aromatic N) is 4. The van der Waals surface area contributed by atoms with Crippen molar-refractivity contribution in [2.75, 3.05) is 33.4 Å². The molecule has 5 nitrogen and oxygen atoms in total. The van der Waals surface area contributed by atoms with Crippen LogP contribution in [0.2, 0.25) is 0 Å². The Hall–Kier alpha value is -1.46. The summed E-state index contributed by atoms with van der Waals surface area (Å²) in [6, 6.07) is 4.56. The van der Waals surface area contributed by atoms with E-state index in [9.17, 15) is 0 Å². The summed E-state index contributed by atoms with van der Waals surface area (Å²) in [7, 11) is 2.21. The molecule has 2 fully saturated rings. The average Bonchev–Trinajstić information content (AvgIpc) is 3.14. The molecule has 0 N–H and O–H groups in total. The van der Waals surface area contributed by atoms with Crippen molar-refractivity contribution >= 4 is 11.2 Å². The van der Waals surface area contributed by atoms with Crippen LogP contribution in [0.4, 0.5) is 0 Å². The van der Waals surface area contributed by atoms with Crippen LogP contribution < -0.4 is 0 Å². The van der Waals surface area contributed by atoms with Crippen molar-refractivity contribution in [3.05, 3.63) is 24.2 Å². The zero-order valence-electron chi connectivity index (χ0n) is 13.2. The second-order valence-electron chi connectivity index (χ2n) is 6.74. The number of pyridine rings is 1. The number of fused-ring (bicyclic) bond motifs is 1. The summed E-state index contributed by atoms with van der Waals surface area (Å²) in [6.45, 7) is 4.06. The fraction of sp³-hybridized carbons (Fsp3) is 0.647. The molecule has 118 valence electrons. The van der Waals surface area contributed by atoms with Crippen LogP contribution in [0.15, 0.2) is 18.3 Å². The van der Waals surface area contributed by atoms with Gasteiger partial charge in [0.25, 0.3) is 0 Å². The zero-order chi connectivity index (χ0) is 14.9. The molecule has 0 aromatic carbocycles. The Labute approximate surface area is 131 Å². The number of piperidine rings is 1. The van der Waals surface area contributed by atoms with E-state index in [0.29, 0.717) is 12.0 Å². The monoisotopic (exact) mass is 300 g/mol. The Morgan fingerprint density at radius 2 is 2.32 bits per heavy atom. The highest BCUT2D eigenvalue weighted by molar-refractivity contribution is 5.71. The molecule has 0 amide bonds. The third-order valence-corrected chi connectivity index (χ3v) is 4.98. The first-order valence-corrected chi connectivity index (χ1v) is 8.39. The van der Waals surface area contributed by atoms with Crippen LogP contribution in [0.25, 0.3) is 11.2 Å². The van der Waals surface area contributed by atoms with Crippen molar-refractivity contribution in [3.63, 3.8) is 0 Å². The predicted molar refractivity (Wildman–Crippen MR) is 85.9 cm³/mol. The molecule has 2 aliphatic heterocycles. The molecule has 4 rings (SSSR count). The third-order valence-electron chi connectivity index (χ3n) is 4.98. The molecule has 2 aromatic heterocycles. The summed E-state index contributed by atoms with van der Waals surface area (Å²) in [6.07, 6.45) is 6.52. The highest BCUT2D eigenvalue weighted by Gasteiger charge is 2.26. The summed E-state index contributed by atoms with van der Waals surface area (Å²) in [5.74, 6) is 1.81. The highest BCUT2D eigenvalue weighted by atomic mass is 16.5. The molecule has 2 unspecified atom stereocenters. The van der Waals surface area contributed by atoms with Gasteiger partial charge in [-0.25, -0.2) is 9.97 Å². The molecule has 0 radical (unpaired) electrons. The van der Waals surface area contributed by atoms with Gasteiger partial charge in [-0.2, -0.15) is 0 Å². The van der Waals surface area contributed by atoms with E-state index in [0.717, 1.165) is 43.8 Å². The Morgan fingerprint density at radius 1 is 1.36 bits per heavy atom. The normalized spacial score (nSPS) is 26.8. The van der Waals surface area contributed by atoms with Gasteiger partial charge in [-0.05, 0) is 50.9 Å². The Morgan fingerprint density at radius 3 is 3.14 bits per heavy atom. The topological polar surface area (TPSA) is 43.2 Å². The summed E-state index contributed by atoms with van der Waals surface area (Å²) in [5.41, 5.74) is 2.08. The molecule has 22 heavy (non-hydrogen) atoms. The van der Waals surface area contributed by atoms with Crippen molar-refractivity contribution in [1.82, 2.24) is 19.4 Å². The minimum Gasteiger partial charge on any atom is -0.381 e. The summed E-state index contributed by atoms with van der Waals surface area (Å²) in [5, 5.41) is 0. The molecule has 4 heterocycles. The molecule has 0 bridgehead atoms. The smallest absolute Gasteiger partial charge is 0.160 e. The molecule has 2 saturated heterocycles. The van der Waals surface area contributed by atoms with Crippen LogP contribution in [0.1, 0.15) is 31.1 Å². The van der Waals surface area contributed by atoms with Crippen LogP contribution in [-0.2, 0) is 11.2 Å². The maximum absolute atomic E-state index is 5.54. The van der Waals surface area contributed by atoms with E-state index in [2.05, 4.69) is 27.6 Å². The first-order valence-electron chi connectivity index (χ1n) is 8.39. The molecular formula is C17H24N4O. The van der Waals surface area contributed by atoms with E-state index in [-0.39, 0.29) is 0 Å². The van der Waals surface area contributed by atoms with Gasteiger partial charge in [0.2, 0.25) is 0 Å². The first-order chi connectivity index (χ1) is 10.8. The van der Waals surface area contributed by atoms with E-state index < -0.39 is 0 Å². The quantitative estimate of drug-likeness (QED) is 0.872. The Kier molecular flexibility index (Phi) is 3.84. The van der Waals surface area contributed by atoms with Crippen LogP contribution in [0, 0.1) is 5.92 Å².